The summed E-state index contributed by atoms with van der Waals surface area (Å²) >= 11 is 0. The molecule has 0 atom stereocenters. The van der Waals surface area contributed by atoms with E-state index in [1.54, 1.807) is 72.8 Å². The highest BCUT2D eigenvalue weighted by Crippen LogP contribution is 2.57. The van der Waals surface area contributed by atoms with Crippen LogP contribution in [-0.4, -0.2) is 38.9 Å². The van der Waals surface area contributed by atoms with Crippen LogP contribution in [0.4, 0.5) is 0 Å². The van der Waals surface area contributed by atoms with Gasteiger partial charge in [-0.2, -0.15) is 25.3 Å². The van der Waals surface area contributed by atoms with Crippen LogP contribution in [-0.2, 0) is 35.8 Å². The van der Waals surface area contributed by atoms with E-state index < -0.39 is 50.5 Å². The van der Waals surface area contributed by atoms with Gasteiger partial charge in [-0.1, -0.05) is 77.9 Å². The third-order valence-electron chi connectivity index (χ3n) is 9.12. The maximum Gasteiger partial charge on any atom is 0.298 e. The lowest BCUT2D eigenvalue weighted by Crippen LogP contribution is -2.29. The van der Waals surface area contributed by atoms with Crippen LogP contribution in [0.5, 0.6) is 23.0 Å². The minimum Gasteiger partial charge on any atom is -0.456 e. The standard InChI is InChI=1S/C39H30O11S3/c1-24-7-13-28(14-8-24)49-35-19-11-26(21-37(35)52(43,44)45)39(33-6-4-3-5-31(33)32-18-17-30(23-34(32)39)51(40,41)42)27-12-20-36(38(22-27)53(46,47)48)50-29-15-9-25(2)10-16-29/h3-23H,1-2H3,(H,40,41,42)(H,43,44,45)(H,46,47,48). The smallest absolute Gasteiger partial charge is 0.298 e. The molecule has 0 unspecified atom stereocenters. The average molecular weight is 771 g/mol. The molecule has 6 aromatic rings. The molecule has 0 heterocycles. The Morgan fingerprint density at radius 2 is 0.925 bits per heavy atom. The number of fused-ring (bicyclic) bond motifs is 3. The highest BCUT2D eigenvalue weighted by atomic mass is 32.2. The highest BCUT2D eigenvalue weighted by molar-refractivity contribution is 7.86. The summed E-state index contributed by atoms with van der Waals surface area (Å²) in [6, 6.07) is 32.3. The minimum atomic E-state index is -5.00. The molecular weight excluding hydrogens is 741 g/mol. The Kier molecular flexibility index (Phi) is 8.80. The number of rotatable bonds is 9. The van der Waals surface area contributed by atoms with Crippen molar-refractivity contribution in [1.29, 1.82) is 0 Å². The molecule has 0 saturated heterocycles. The maximum absolute atomic E-state index is 13.0. The summed E-state index contributed by atoms with van der Waals surface area (Å²) < 4.78 is 120. The topological polar surface area (TPSA) is 182 Å². The van der Waals surface area contributed by atoms with Gasteiger partial charge in [0.1, 0.15) is 32.8 Å². The van der Waals surface area contributed by atoms with Crippen LogP contribution in [0.2, 0.25) is 0 Å². The van der Waals surface area contributed by atoms with Crippen LogP contribution < -0.4 is 9.47 Å². The highest BCUT2D eigenvalue weighted by Gasteiger charge is 2.48. The number of hydrogen-bond donors (Lipinski definition) is 3. The van der Waals surface area contributed by atoms with Gasteiger partial charge in [0.15, 0.2) is 0 Å². The van der Waals surface area contributed by atoms with Gasteiger partial charge in [0.2, 0.25) is 0 Å². The van der Waals surface area contributed by atoms with Crippen molar-refractivity contribution in [3.63, 3.8) is 0 Å². The molecule has 0 spiro atoms. The molecule has 0 saturated carbocycles. The number of benzene rings is 6. The Labute approximate surface area is 306 Å². The van der Waals surface area contributed by atoms with Gasteiger partial charge in [0, 0.05) is 0 Å². The van der Waals surface area contributed by atoms with Crippen LogP contribution in [0.3, 0.4) is 0 Å². The molecule has 6 aromatic carbocycles. The summed E-state index contributed by atoms with van der Waals surface area (Å²) in [6.07, 6.45) is 0. The first-order chi connectivity index (χ1) is 25.0. The van der Waals surface area contributed by atoms with E-state index in [1.807, 2.05) is 13.8 Å². The van der Waals surface area contributed by atoms with Crippen LogP contribution in [0.15, 0.2) is 142 Å². The molecule has 7 rings (SSSR count). The van der Waals surface area contributed by atoms with E-state index in [4.69, 9.17) is 9.47 Å². The largest absolute Gasteiger partial charge is 0.456 e. The van der Waals surface area contributed by atoms with Gasteiger partial charge in [-0.15, -0.1) is 0 Å². The summed E-state index contributed by atoms with van der Waals surface area (Å²) in [5, 5.41) is 0. The zero-order valence-electron chi connectivity index (χ0n) is 28.0. The zero-order valence-corrected chi connectivity index (χ0v) is 30.4. The van der Waals surface area contributed by atoms with Gasteiger partial charge in [-0.05, 0) is 108 Å². The fourth-order valence-electron chi connectivity index (χ4n) is 6.73. The Morgan fingerprint density at radius 1 is 0.472 bits per heavy atom. The molecule has 0 aliphatic heterocycles. The molecular formula is C39H30O11S3. The van der Waals surface area contributed by atoms with Crippen LogP contribution in [0.1, 0.15) is 33.4 Å². The van der Waals surface area contributed by atoms with Crippen molar-refractivity contribution < 1.29 is 48.4 Å². The van der Waals surface area contributed by atoms with E-state index in [2.05, 4.69) is 0 Å². The summed E-state index contributed by atoms with van der Waals surface area (Å²) in [4.78, 5) is -1.76. The van der Waals surface area contributed by atoms with Gasteiger partial charge in [0.25, 0.3) is 30.4 Å². The van der Waals surface area contributed by atoms with Gasteiger partial charge in [-0.3, -0.25) is 13.7 Å². The van der Waals surface area contributed by atoms with E-state index >= 15 is 0 Å². The Bertz CT molecular complexity index is 2630. The van der Waals surface area contributed by atoms with E-state index in [1.165, 1.54) is 42.5 Å². The lowest BCUT2D eigenvalue weighted by molar-refractivity contribution is 0.448. The Balaban J connectivity index is 1.56. The second kappa shape index (κ2) is 12.9. The van der Waals surface area contributed by atoms with Gasteiger partial charge < -0.3 is 9.47 Å². The first-order valence-electron chi connectivity index (χ1n) is 15.9. The van der Waals surface area contributed by atoms with Crippen molar-refractivity contribution in [1.82, 2.24) is 0 Å². The maximum atomic E-state index is 13.0. The number of aryl methyl sites for hydroxylation is 2. The van der Waals surface area contributed by atoms with Crippen LogP contribution in [0.25, 0.3) is 11.1 Å². The monoisotopic (exact) mass is 770 g/mol. The number of hydrogen-bond acceptors (Lipinski definition) is 8. The quantitative estimate of drug-likeness (QED) is 0.121. The van der Waals surface area contributed by atoms with E-state index in [0.29, 0.717) is 16.7 Å². The second-order valence-electron chi connectivity index (χ2n) is 12.6. The molecule has 53 heavy (non-hydrogen) atoms. The normalized spacial score (nSPS) is 13.6. The Hall–Kier alpha value is -5.35. The summed E-state index contributed by atoms with van der Waals surface area (Å²) in [5.74, 6) is 0.0985. The molecule has 0 fully saturated rings. The molecule has 0 radical (unpaired) electrons. The molecule has 270 valence electrons. The average Bonchev–Trinajstić information content (AvgIpc) is 3.40. The van der Waals surface area contributed by atoms with E-state index in [9.17, 15) is 38.9 Å². The summed E-state index contributed by atoms with van der Waals surface area (Å²) in [6.45, 7) is 3.72. The Morgan fingerprint density at radius 3 is 1.38 bits per heavy atom. The van der Waals surface area contributed by atoms with Crippen LogP contribution >= 0.6 is 0 Å². The van der Waals surface area contributed by atoms with Crippen molar-refractivity contribution in [2.75, 3.05) is 0 Å². The molecule has 1 aliphatic carbocycles. The fraction of sp³-hybridized carbons (Fsp3) is 0.0769. The van der Waals surface area contributed by atoms with Crippen molar-refractivity contribution in [3.05, 3.63) is 161 Å². The molecule has 1 aliphatic rings. The first kappa shape index (κ1) is 36.0. The molecule has 14 heteroatoms. The predicted molar refractivity (Wildman–Crippen MR) is 196 cm³/mol. The van der Waals surface area contributed by atoms with Crippen molar-refractivity contribution in [2.24, 2.45) is 0 Å². The van der Waals surface area contributed by atoms with Gasteiger partial charge >= 0.3 is 0 Å². The van der Waals surface area contributed by atoms with Crippen molar-refractivity contribution >= 4 is 30.4 Å². The minimum absolute atomic E-state index is 0.133. The third-order valence-corrected chi connectivity index (χ3v) is 11.7. The molecule has 0 bridgehead atoms. The van der Waals surface area contributed by atoms with Crippen LogP contribution in [0, 0.1) is 13.8 Å². The van der Waals surface area contributed by atoms with Gasteiger partial charge in [0.05, 0.1) is 10.3 Å². The SMILES string of the molecule is Cc1ccc(Oc2ccc(C3(c4ccc(Oc5ccc(C)cc5)c(S(=O)(=O)O)c4)c4ccccc4-c4ccc(S(=O)(=O)O)cc43)cc2S(=O)(=O)O)cc1. The molecule has 11 nitrogen and oxygen atoms in total. The lowest BCUT2D eigenvalue weighted by Gasteiger charge is -2.34. The third kappa shape index (κ3) is 6.61. The van der Waals surface area contributed by atoms with E-state index in [-0.39, 0.29) is 39.7 Å². The van der Waals surface area contributed by atoms with Crippen molar-refractivity contribution in [2.45, 2.75) is 33.9 Å². The first-order valence-corrected chi connectivity index (χ1v) is 20.2. The van der Waals surface area contributed by atoms with E-state index in [0.717, 1.165) is 23.3 Å². The fourth-order valence-corrected chi connectivity index (χ4v) is 8.52. The second-order valence-corrected chi connectivity index (χ2v) is 16.8. The summed E-state index contributed by atoms with van der Waals surface area (Å²) in [7, 11) is -14.8. The van der Waals surface area contributed by atoms with Gasteiger partial charge in [-0.25, -0.2) is 0 Å². The molecule has 0 amide bonds. The predicted octanol–water partition coefficient (Wildman–Crippen LogP) is 7.99. The lowest BCUT2D eigenvalue weighted by atomic mass is 9.67. The molecule has 0 aromatic heterocycles. The number of ether oxygens (including phenoxy) is 2. The van der Waals surface area contributed by atoms with Crippen molar-refractivity contribution in [3.8, 4) is 34.1 Å². The summed E-state index contributed by atoms with van der Waals surface area (Å²) in [5.41, 5.74) is 2.12. The zero-order chi connectivity index (χ0) is 37.9. The molecule has 3 N–H and O–H groups in total.